The Hall–Kier alpha value is -4.52. The summed E-state index contributed by atoms with van der Waals surface area (Å²) in [4.78, 5) is 56.2. The first-order chi connectivity index (χ1) is 25.0. The monoisotopic (exact) mass is 806 g/mol. The molecule has 0 saturated heterocycles. The summed E-state index contributed by atoms with van der Waals surface area (Å²) in [5.41, 5.74) is 11.2. The van der Waals surface area contributed by atoms with Gasteiger partial charge in [0.05, 0.1) is 39.5 Å². The third kappa shape index (κ3) is 13.1. The van der Waals surface area contributed by atoms with Gasteiger partial charge in [0.15, 0.2) is 22.7 Å². The minimum atomic E-state index is -0.982. The zero-order chi connectivity index (χ0) is 40.6. The average molecular weight is 808 g/mol. The summed E-state index contributed by atoms with van der Waals surface area (Å²) in [6.45, 7) is 18.8. The molecule has 0 aliphatic heterocycles. The molecule has 0 unspecified atom stereocenters. The highest BCUT2D eigenvalue weighted by atomic mass is 35.5. The first kappa shape index (κ1) is 49.5. The van der Waals surface area contributed by atoms with Gasteiger partial charge in [0.2, 0.25) is 0 Å². The highest BCUT2D eigenvalue weighted by molar-refractivity contribution is 6.34. The number of carbonyl (C=O) groups excluding carboxylic acids is 3. The van der Waals surface area contributed by atoms with Crippen LogP contribution in [0.3, 0.4) is 0 Å². The molecule has 0 atom stereocenters. The highest BCUT2D eigenvalue weighted by Crippen LogP contribution is 2.25. The molecule has 5 heterocycles. The zero-order valence-electron chi connectivity index (χ0n) is 31.9. The Bertz CT molecular complexity index is 2020. The molecule has 5 aromatic heterocycles. The van der Waals surface area contributed by atoms with E-state index in [0.29, 0.717) is 75.1 Å². The van der Waals surface area contributed by atoms with Gasteiger partial charge in [0.25, 0.3) is 0 Å². The predicted octanol–water partition coefficient (Wildman–Crippen LogP) is 9.82. The SMILES string of the molecule is C.CC.CCC(=O)CC(C)=O.CCOC(=O)c1c(CC)nc2c(Cl)c(C)ccn12.CCc1nc2c(Cl)c(C)ccn2c1C(=O)O.Cc1ccnc(N)c1Cl. The van der Waals surface area contributed by atoms with E-state index in [1.807, 2.05) is 60.6 Å². The summed E-state index contributed by atoms with van der Waals surface area (Å²) in [5, 5.41) is 10.8. The van der Waals surface area contributed by atoms with E-state index in [-0.39, 0.29) is 37.1 Å². The lowest BCUT2D eigenvalue weighted by atomic mass is 10.2. The number of halogens is 3. The van der Waals surface area contributed by atoms with Crippen LogP contribution in [0.2, 0.25) is 15.1 Å². The number of aromatic carboxylic acids is 1. The van der Waals surface area contributed by atoms with Crippen molar-refractivity contribution in [2.24, 2.45) is 0 Å². The van der Waals surface area contributed by atoms with Crippen molar-refractivity contribution in [2.45, 2.75) is 102 Å². The Morgan fingerprint density at radius 1 is 0.778 bits per heavy atom. The number of ketones is 2. The molecule has 0 bridgehead atoms. The van der Waals surface area contributed by atoms with Crippen LogP contribution in [-0.2, 0) is 27.2 Å². The van der Waals surface area contributed by atoms with Gasteiger partial charge in [-0.05, 0) is 82.3 Å². The molecule has 0 saturated carbocycles. The molecule has 296 valence electrons. The lowest BCUT2D eigenvalue weighted by Gasteiger charge is -2.04. The molecule has 0 aromatic carbocycles. The Labute approximate surface area is 333 Å². The van der Waals surface area contributed by atoms with Gasteiger partial charge in [-0.25, -0.2) is 24.5 Å². The molecule has 5 rings (SSSR count). The number of rotatable bonds is 8. The van der Waals surface area contributed by atoms with Crippen LogP contribution in [0, 0.1) is 20.8 Å². The second-order valence-corrected chi connectivity index (χ2v) is 12.3. The van der Waals surface area contributed by atoms with Crippen molar-refractivity contribution in [1.82, 2.24) is 23.8 Å². The lowest BCUT2D eigenvalue weighted by Crippen LogP contribution is -2.10. The second-order valence-electron chi connectivity index (χ2n) is 11.2. The number of ether oxygens (including phenoxy) is 1. The van der Waals surface area contributed by atoms with Crippen molar-refractivity contribution in [1.29, 1.82) is 0 Å². The minimum Gasteiger partial charge on any atom is -0.477 e. The van der Waals surface area contributed by atoms with Crippen LogP contribution < -0.4 is 5.73 Å². The Balaban J connectivity index is 0.000000714. The fourth-order valence-electron chi connectivity index (χ4n) is 4.53. The fraction of sp³-hybridized carbons (Fsp3) is 0.410. The normalized spacial score (nSPS) is 9.87. The van der Waals surface area contributed by atoms with Crippen molar-refractivity contribution >= 4 is 75.4 Å². The van der Waals surface area contributed by atoms with E-state index < -0.39 is 5.97 Å². The van der Waals surface area contributed by atoms with Gasteiger partial charge < -0.3 is 15.6 Å². The molecule has 0 radical (unpaired) electrons. The number of hydrogen-bond acceptors (Lipinski definition) is 9. The summed E-state index contributed by atoms with van der Waals surface area (Å²) < 4.78 is 8.29. The van der Waals surface area contributed by atoms with Gasteiger partial charge in [-0.1, -0.05) is 76.8 Å². The predicted molar refractivity (Wildman–Crippen MR) is 219 cm³/mol. The molecule has 0 spiro atoms. The van der Waals surface area contributed by atoms with Gasteiger partial charge in [0, 0.05) is 25.0 Å². The maximum Gasteiger partial charge on any atom is 0.357 e. The number of aryl methyl sites for hydroxylation is 5. The molecule has 5 aromatic rings. The van der Waals surface area contributed by atoms with Gasteiger partial charge >= 0.3 is 11.9 Å². The van der Waals surface area contributed by atoms with Gasteiger partial charge in [0.1, 0.15) is 17.4 Å². The topological polar surface area (TPSA) is 171 Å². The minimum absolute atomic E-state index is 0. The van der Waals surface area contributed by atoms with Gasteiger partial charge in [-0.2, -0.15) is 0 Å². The van der Waals surface area contributed by atoms with Gasteiger partial charge in [-0.3, -0.25) is 18.4 Å². The van der Waals surface area contributed by atoms with E-state index in [0.717, 1.165) is 16.7 Å². The van der Waals surface area contributed by atoms with Crippen LogP contribution in [-0.4, -0.2) is 59.0 Å². The molecule has 54 heavy (non-hydrogen) atoms. The summed E-state index contributed by atoms with van der Waals surface area (Å²) >= 11 is 18.0. The molecule has 0 aliphatic rings. The number of hydrogen-bond donors (Lipinski definition) is 2. The number of carboxylic acid groups (broad SMARTS) is 1. The number of fused-ring (bicyclic) bond motifs is 2. The Morgan fingerprint density at radius 3 is 1.57 bits per heavy atom. The quantitative estimate of drug-likeness (QED) is 0.114. The van der Waals surface area contributed by atoms with Crippen LogP contribution in [0.1, 0.15) is 118 Å². The molecule has 12 nitrogen and oxygen atoms in total. The first-order valence-electron chi connectivity index (χ1n) is 17.1. The third-order valence-corrected chi connectivity index (χ3v) is 8.72. The fourth-order valence-corrected chi connectivity index (χ4v) is 5.03. The molecular weight excluding hydrogens is 755 g/mol. The van der Waals surface area contributed by atoms with Crippen LogP contribution in [0.4, 0.5) is 5.82 Å². The first-order valence-corrected chi connectivity index (χ1v) is 18.3. The molecule has 0 fully saturated rings. The number of Topliss-reactive ketones (excluding diaryl/α,β-unsaturated/α-hetero) is 2. The van der Waals surface area contributed by atoms with E-state index in [9.17, 15) is 19.2 Å². The van der Waals surface area contributed by atoms with Crippen molar-refractivity contribution in [3.8, 4) is 0 Å². The van der Waals surface area contributed by atoms with Crippen LogP contribution in [0.15, 0.2) is 36.8 Å². The number of nitrogens with two attached hydrogens (primary N) is 1. The average Bonchev–Trinajstić information content (AvgIpc) is 3.71. The van der Waals surface area contributed by atoms with Crippen molar-refractivity contribution in [3.63, 3.8) is 0 Å². The third-order valence-electron chi connectivity index (χ3n) is 7.29. The number of anilines is 1. The number of nitrogens with zero attached hydrogens (tertiary/aromatic N) is 5. The molecular formula is C39H53Cl3N6O6. The maximum absolute atomic E-state index is 12.0. The van der Waals surface area contributed by atoms with E-state index in [1.54, 1.807) is 42.9 Å². The van der Waals surface area contributed by atoms with Crippen molar-refractivity contribution < 1.29 is 29.0 Å². The van der Waals surface area contributed by atoms with E-state index in [4.69, 9.17) is 50.4 Å². The summed E-state index contributed by atoms with van der Waals surface area (Å²) in [5.74, 6) is -0.961. The van der Waals surface area contributed by atoms with Crippen LogP contribution in [0.5, 0.6) is 0 Å². The van der Waals surface area contributed by atoms with Crippen molar-refractivity contribution in [2.75, 3.05) is 12.3 Å². The molecule has 15 heteroatoms. The van der Waals surface area contributed by atoms with Gasteiger partial charge in [-0.15, -0.1) is 0 Å². The number of imidazole rings is 2. The molecule has 0 amide bonds. The number of pyridine rings is 3. The second kappa shape index (κ2) is 24.0. The Kier molecular flexibility index (Phi) is 22.0. The van der Waals surface area contributed by atoms with E-state index in [1.165, 1.54) is 11.3 Å². The maximum atomic E-state index is 12.0. The van der Waals surface area contributed by atoms with E-state index in [2.05, 4.69) is 15.0 Å². The van der Waals surface area contributed by atoms with Crippen LogP contribution >= 0.6 is 34.8 Å². The van der Waals surface area contributed by atoms with E-state index >= 15 is 0 Å². The lowest BCUT2D eigenvalue weighted by molar-refractivity contribution is -0.125. The molecule has 0 aliphatic carbocycles. The summed E-state index contributed by atoms with van der Waals surface area (Å²) in [7, 11) is 0. The molecule has 3 N–H and O–H groups in total. The number of carbonyl (C=O) groups is 4. The highest BCUT2D eigenvalue weighted by Gasteiger charge is 2.21. The number of nitrogen functional groups attached to an aromatic ring is 1. The number of esters is 1. The summed E-state index contributed by atoms with van der Waals surface area (Å²) in [6.07, 6.45) is 6.93. The Morgan fingerprint density at radius 2 is 1.22 bits per heavy atom. The number of aromatic nitrogens is 5. The smallest absolute Gasteiger partial charge is 0.357 e. The zero-order valence-corrected chi connectivity index (χ0v) is 34.2. The largest absolute Gasteiger partial charge is 0.477 e. The van der Waals surface area contributed by atoms with Crippen molar-refractivity contribution in [3.05, 3.63) is 91.3 Å². The van der Waals surface area contributed by atoms with Crippen LogP contribution in [0.25, 0.3) is 11.3 Å². The summed E-state index contributed by atoms with van der Waals surface area (Å²) in [6, 6.07) is 5.46. The number of carboxylic acids is 1. The standard InChI is InChI=1S/C13H15ClN2O2.C11H11ClN2O2.C6H7ClN2.C6H10O2.C2H6.CH4/c1-4-9-11(13(17)18-5-2)16-7-6-8(3)10(14)12(16)15-9;1-3-7-9(11(15)16)14-5-4-6(2)8(12)10(14)13-7;1-4-2-3-9-6(8)5(4)7;1-3-6(8)4-5(2)7;1-2;/h6-7H,4-5H2,1-3H3;4-5H,3H2,1-2H3,(H,15,16);2-3H,1H3,(H2,8,9);3-4H2,1-2H3;1-2H3;1H4.